The molecule has 0 heterocycles. The standard InChI is InChI=1S/C18H21F2O3P/c1-5-18(2,24-16-7-6-11(19)8-14(16)20)13-9-12(22-3)10-15(23-4)17(13)21/h6-10,21,24H,5H2,1-4H3. The van der Waals surface area contributed by atoms with Gasteiger partial charge in [-0.2, -0.15) is 0 Å². The van der Waals surface area contributed by atoms with Crippen LogP contribution in [0.4, 0.5) is 8.78 Å². The molecule has 2 unspecified atom stereocenters. The molecule has 0 aliphatic carbocycles. The third-order valence-electron chi connectivity index (χ3n) is 4.15. The molecule has 0 fully saturated rings. The highest BCUT2D eigenvalue weighted by molar-refractivity contribution is 7.48. The molecule has 2 atom stereocenters. The summed E-state index contributed by atoms with van der Waals surface area (Å²) in [5.74, 6) is -0.331. The van der Waals surface area contributed by atoms with Gasteiger partial charge in [0.1, 0.15) is 17.4 Å². The predicted molar refractivity (Wildman–Crippen MR) is 93.2 cm³/mol. The second-order valence-electron chi connectivity index (χ2n) is 5.66. The fourth-order valence-electron chi connectivity index (χ4n) is 2.51. The first-order valence-corrected chi connectivity index (χ1v) is 8.53. The fourth-order valence-corrected chi connectivity index (χ4v) is 3.97. The molecule has 0 amide bonds. The zero-order chi connectivity index (χ0) is 17.9. The van der Waals surface area contributed by atoms with Crippen molar-refractivity contribution in [3.05, 3.63) is 47.5 Å². The van der Waals surface area contributed by atoms with Crippen LogP contribution < -0.4 is 14.8 Å². The minimum absolute atomic E-state index is 0.000334. The molecule has 2 rings (SSSR count). The Balaban J connectivity index is 2.53. The Kier molecular flexibility index (Phi) is 5.66. The van der Waals surface area contributed by atoms with Gasteiger partial charge < -0.3 is 14.6 Å². The van der Waals surface area contributed by atoms with Crippen LogP contribution in [0, 0.1) is 11.6 Å². The molecule has 0 aliphatic heterocycles. The number of hydrogen-bond donors (Lipinski definition) is 1. The van der Waals surface area contributed by atoms with E-state index in [0.717, 1.165) is 6.07 Å². The Hall–Kier alpha value is -1.87. The molecule has 6 heteroatoms. The van der Waals surface area contributed by atoms with Crippen LogP contribution in [-0.4, -0.2) is 19.3 Å². The van der Waals surface area contributed by atoms with Gasteiger partial charge in [-0.15, -0.1) is 0 Å². The molecule has 0 saturated carbocycles. The molecule has 2 aromatic carbocycles. The van der Waals surface area contributed by atoms with Crippen molar-refractivity contribution in [2.75, 3.05) is 14.2 Å². The summed E-state index contributed by atoms with van der Waals surface area (Å²) >= 11 is 0. The largest absolute Gasteiger partial charge is 0.504 e. The van der Waals surface area contributed by atoms with Crippen LogP contribution in [0.2, 0.25) is 0 Å². The third-order valence-corrected chi connectivity index (χ3v) is 6.00. The molecule has 0 spiro atoms. The Bertz CT molecular complexity index is 736. The maximum atomic E-state index is 14.1. The van der Waals surface area contributed by atoms with Crippen LogP contribution >= 0.6 is 8.58 Å². The van der Waals surface area contributed by atoms with Crippen molar-refractivity contribution in [1.82, 2.24) is 0 Å². The highest BCUT2D eigenvalue weighted by Gasteiger charge is 2.31. The first-order valence-electron chi connectivity index (χ1n) is 7.53. The topological polar surface area (TPSA) is 38.7 Å². The lowest BCUT2D eigenvalue weighted by atomic mass is 9.95. The number of phenolic OH excluding ortho intramolecular Hbond substituents is 1. The van der Waals surface area contributed by atoms with Crippen LogP contribution in [-0.2, 0) is 5.16 Å². The average molecular weight is 354 g/mol. The SMILES string of the molecule is CCC(C)(Pc1ccc(F)cc1F)c1cc(OC)cc(OC)c1O. The van der Waals surface area contributed by atoms with E-state index in [9.17, 15) is 13.9 Å². The van der Waals surface area contributed by atoms with Gasteiger partial charge in [0.15, 0.2) is 11.5 Å². The normalized spacial score (nSPS) is 13.9. The number of methoxy groups -OCH3 is 2. The third kappa shape index (κ3) is 3.62. The highest BCUT2D eigenvalue weighted by atomic mass is 31.1. The van der Waals surface area contributed by atoms with E-state index < -0.39 is 16.8 Å². The van der Waals surface area contributed by atoms with E-state index in [1.54, 1.807) is 12.1 Å². The summed E-state index contributed by atoms with van der Waals surface area (Å²) in [4.78, 5) is 0. The number of phenols is 1. The predicted octanol–water partition coefficient (Wildman–Crippen LogP) is 4.32. The average Bonchev–Trinajstić information content (AvgIpc) is 2.57. The van der Waals surface area contributed by atoms with Gasteiger partial charge in [-0.1, -0.05) is 22.4 Å². The first kappa shape index (κ1) is 18.5. The molecule has 0 aromatic heterocycles. The molecule has 2 aromatic rings. The van der Waals surface area contributed by atoms with Crippen molar-refractivity contribution < 1.29 is 23.4 Å². The lowest BCUT2D eigenvalue weighted by Gasteiger charge is -2.31. The van der Waals surface area contributed by atoms with Crippen molar-refractivity contribution in [3.8, 4) is 17.2 Å². The van der Waals surface area contributed by atoms with Gasteiger partial charge in [0.05, 0.1) is 14.2 Å². The zero-order valence-electron chi connectivity index (χ0n) is 14.1. The molecule has 0 radical (unpaired) electrons. The minimum Gasteiger partial charge on any atom is -0.504 e. The van der Waals surface area contributed by atoms with E-state index in [0.29, 0.717) is 28.8 Å². The van der Waals surface area contributed by atoms with Crippen molar-refractivity contribution in [2.45, 2.75) is 25.4 Å². The number of ether oxygens (including phenoxy) is 2. The van der Waals surface area contributed by atoms with E-state index in [2.05, 4.69) is 0 Å². The molecule has 0 bridgehead atoms. The van der Waals surface area contributed by atoms with Gasteiger partial charge in [0.2, 0.25) is 0 Å². The smallest absolute Gasteiger partial charge is 0.164 e. The summed E-state index contributed by atoms with van der Waals surface area (Å²) in [6, 6.07) is 6.90. The van der Waals surface area contributed by atoms with Crippen LogP contribution in [0.3, 0.4) is 0 Å². The van der Waals surface area contributed by atoms with Crippen molar-refractivity contribution in [2.24, 2.45) is 0 Å². The van der Waals surface area contributed by atoms with Gasteiger partial charge in [-0.05, 0) is 24.6 Å². The quantitative estimate of drug-likeness (QED) is 0.786. The van der Waals surface area contributed by atoms with Gasteiger partial charge in [0.25, 0.3) is 0 Å². The van der Waals surface area contributed by atoms with E-state index in [1.165, 1.54) is 26.4 Å². The summed E-state index contributed by atoms with van der Waals surface area (Å²) in [5, 5.41) is 10.4. The second kappa shape index (κ2) is 7.35. The van der Waals surface area contributed by atoms with E-state index >= 15 is 0 Å². The maximum absolute atomic E-state index is 14.1. The van der Waals surface area contributed by atoms with Gasteiger partial charge in [0, 0.05) is 28.2 Å². The summed E-state index contributed by atoms with van der Waals surface area (Å²) in [6.07, 6.45) is 0.645. The number of halogens is 2. The summed E-state index contributed by atoms with van der Waals surface area (Å²) in [7, 11) is 2.99. The Morgan fingerprint density at radius 3 is 2.38 bits per heavy atom. The van der Waals surface area contributed by atoms with Crippen LogP contribution in [0.1, 0.15) is 25.8 Å². The minimum atomic E-state index is -0.606. The number of hydrogen-bond acceptors (Lipinski definition) is 3. The maximum Gasteiger partial charge on any atom is 0.164 e. The van der Waals surface area contributed by atoms with Crippen LogP contribution in [0.5, 0.6) is 17.2 Å². The van der Waals surface area contributed by atoms with Crippen LogP contribution in [0.15, 0.2) is 30.3 Å². The molecule has 130 valence electrons. The van der Waals surface area contributed by atoms with Crippen LogP contribution in [0.25, 0.3) is 0 Å². The summed E-state index contributed by atoms with van der Waals surface area (Å²) in [5.41, 5.74) is 0.614. The van der Waals surface area contributed by atoms with Gasteiger partial charge in [-0.3, -0.25) is 0 Å². The number of aromatic hydroxyl groups is 1. The Labute approximate surface area is 142 Å². The molecule has 0 saturated heterocycles. The Morgan fingerprint density at radius 1 is 1.12 bits per heavy atom. The molecule has 1 N–H and O–H groups in total. The van der Waals surface area contributed by atoms with E-state index in [1.807, 2.05) is 13.8 Å². The van der Waals surface area contributed by atoms with Gasteiger partial charge in [-0.25, -0.2) is 8.78 Å². The van der Waals surface area contributed by atoms with E-state index in [4.69, 9.17) is 9.47 Å². The molecular formula is C18H21F2O3P. The number of rotatable bonds is 6. The molecule has 3 nitrogen and oxygen atoms in total. The lowest BCUT2D eigenvalue weighted by Crippen LogP contribution is -2.20. The zero-order valence-corrected chi connectivity index (χ0v) is 15.1. The van der Waals surface area contributed by atoms with Crippen molar-refractivity contribution in [1.29, 1.82) is 0 Å². The van der Waals surface area contributed by atoms with E-state index in [-0.39, 0.29) is 14.3 Å². The second-order valence-corrected chi connectivity index (χ2v) is 7.55. The Morgan fingerprint density at radius 2 is 1.83 bits per heavy atom. The molecule has 24 heavy (non-hydrogen) atoms. The molecular weight excluding hydrogens is 333 g/mol. The summed E-state index contributed by atoms with van der Waals surface area (Å²) < 4.78 is 37.7. The van der Waals surface area contributed by atoms with Crippen molar-refractivity contribution >= 4 is 13.9 Å². The molecule has 0 aliphatic rings. The van der Waals surface area contributed by atoms with Gasteiger partial charge >= 0.3 is 0 Å². The number of benzene rings is 2. The lowest BCUT2D eigenvalue weighted by molar-refractivity contribution is 0.357. The summed E-state index contributed by atoms with van der Waals surface area (Å²) in [6.45, 7) is 3.89. The highest BCUT2D eigenvalue weighted by Crippen LogP contribution is 2.50. The fraction of sp³-hybridized carbons (Fsp3) is 0.333. The van der Waals surface area contributed by atoms with Crippen molar-refractivity contribution in [3.63, 3.8) is 0 Å². The monoisotopic (exact) mass is 354 g/mol. The first-order chi connectivity index (χ1) is 11.3.